The lowest BCUT2D eigenvalue weighted by molar-refractivity contribution is 0.354. The van der Waals surface area contributed by atoms with Crippen molar-refractivity contribution in [2.45, 2.75) is 11.8 Å². The van der Waals surface area contributed by atoms with E-state index in [1.165, 1.54) is 43.8 Å². The highest BCUT2D eigenvalue weighted by Crippen LogP contribution is 2.35. The van der Waals surface area contributed by atoms with Gasteiger partial charge in [-0.2, -0.15) is 4.98 Å². The van der Waals surface area contributed by atoms with Gasteiger partial charge in [-0.15, -0.1) is 11.3 Å². The van der Waals surface area contributed by atoms with E-state index in [1.54, 1.807) is 18.4 Å². The summed E-state index contributed by atoms with van der Waals surface area (Å²) in [6.07, 6.45) is 0. The Balaban J connectivity index is 1.94. The molecule has 0 atom stereocenters. The lowest BCUT2D eigenvalue weighted by atomic mass is 10.3. The lowest BCUT2D eigenvalue weighted by Gasteiger charge is -2.11. The Bertz CT molecular complexity index is 994. The van der Waals surface area contributed by atoms with Crippen molar-refractivity contribution >= 4 is 27.0 Å². The molecule has 0 saturated heterocycles. The lowest BCUT2D eigenvalue weighted by Crippen LogP contribution is -2.13. The first-order chi connectivity index (χ1) is 11.9. The number of methoxy groups -OCH3 is 2. The highest BCUT2D eigenvalue weighted by Gasteiger charge is 2.21. The number of anilines is 1. The fourth-order valence-electron chi connectivity index (χ4n) is 2.13. The van der Waals surface area contributed by atoms with Gasteiger partial charge in [0.1, 0.15) is 4.88 Å². The molecule has 10 heteroatoms. The van der Waals surface area contributed by atoms with E-state index in [0.717, 1.165) is 0 Å². The van der Waals surface area contributed by atoms with E-state index in [0.29, 0.717) is 27.9 Å². The molecule has 0 amide bonds. The maximum Gasteiger partial charge on any atom is 0.270 e. The Morgan fingerprint density at radius 3 is 2.56 bits per heavy atom. The van der Waals surface area contributed by atoms with Gasteiger partial charge >= 0.3 is 0 Å². The van der Waals surface area contributed by atoms with Gasteiger partial charge in [0.25, 0.3) is 15.9 Å². The number of sulfonamides is 1. The molecule has 0 aliphatic heterocycles. The summed E-state index contributed by atoms with van der Waals surface area (Å²) in [5.74, 6) is 1.50. The molecule has 1 N–H and O–H groups in total. The zero-order chi connectivity index (χ0) is 18.0. The van der Waals surface area contributed by atoms with Gasteiger partial charge in [0, 0.05) is 6.07 Å². The van der Waals surface area contributed by atoms with Crippen LogP contribution in [0.5, 0.6) is 11.5 Å². The highest BCUT2D eigenvalue weighted by molar-refractivity contribution is 7.92. The molecule has 0 bridgehead atoms. The number of ether oxygens (including phenoxy) is 2. The Morgan fingerprint density at radius 2 is 1.92 bits per heavy atom. The van der Waals surface area contributed by atoms with Crippen LogP contribution in [0.4, 0.5) is 5.69 Å². The number of thiophene rings is 1. The van der Waals surface area contributed by atoms with Crippen LogP contribution in [-0.4, -0.2) is 32.8 Å². The van der Waals surface area contributed by atoms with Crippen molar-refractivity contribution in [2.24, 2.45) is 0 Å². The van der Waals surface area contributed by atoms with E-state index in [4.69, 9.17) is 14.0 Å². The summed E-state index contributed by atoms with van der Waals surface area (Å²) in [7, 11) is -0.912. The van der Waals surface area contributed by atoms with Crippen LogP contribution in [0.1, 0.15) is 5.82 Å². The molecular weight excluding hydrogens is 366 g/mol. The van der Waals surface area contributed by atoms with Crippen LogP contribution in [-0.2, 0) is 10.0 Å². The molecule has 0 aliphatic rings. The van der Waals surface area contributed by atoms with E-state index in [1.807, 2.05) is 0 Å². The summed E-state index contributed by atoms with van der Waals surface area (Å²) in [5, 5.41) is 5.46. The molecule has 2 aromatic heterocycles. The maximum absolute atomic E-state index is 12.7. The van der Waals surface area contributed by atoms with Gasteiger partial charge in [0.15, 0.2) is 17.3 Å². The first-order valence-electron chi connectivity index (χ1n) is 7.07. The summed E-state index contributed by atoms with van der Waals surface area (Å²) in [6.45, 7) is 1.69. The van der Waals surface area contributed by atoms with Crippen LogP contribution < -0.4 is 14.2 Å². The molecule has 0 saturated carbocycles. The summed E-state index contributed by atoms with van der Waals surface area (Å²) < 4.78 is 43.3. The third-order valence-electron chi connectivity index (χ3n) is 3.30. The molecule has 0 spiro atoms. The largest absolute Gasteiger partial charge is 0.493 e. The monoisotopic (exact) mass is 381 g/mol. The molecule has 8 nitrogen and oxygen atoms in total. The number of rotatable bonds is 6. The zero-order valence-electron chi connectivity index (χ0n) is 13.6. The third kappa shape index (κ3) is 3.44. The Kier molecular flexibility index (Phi) is 4.64. The number of nitrogens with zero attached hydrogens (tertiary/aromatic N) is 2. The van der Waals surface area contributed by atoms with Gasteiger partial charge in [-0.3, -0.25) is 4.72 Å². The molecule has 0 radical (unpaired) electrons. The van der Waals surface area contributed by atoms with Crippen molar-refractivity contribution in [3.05, 3.63) is 35.5 Å². The minimum atomic E-state index is -3.83. The van der Waals surface area contributed by atoms with Crippen molar-refractivity contribution < 1.29 is 22.4 Å². The van der Waals surface area contributed by atoms with Gasteiger partial charge in [0.2, 0.25) is 0 Å². The molecule has 0 unspecified atom stereocenters. The summed E-state index contributed by atoms with van der Waals surface area (Å²) >= 11 is 1.30. The molecule has 1 aromatic carbocycles. The standard InChI is InChI=1S/C15H15N3O5S2/c1-9-16-15(23-17-9)14-11(6-7-24-14)18-25(19,20)10-4-5-12(21-2)13(8-10)22-3/h4-8,18H,1-3H3. The molecule has 3 aromatic rings. The second-order valence-electron chi connectivity index (χ2n) is 4.93. The van der Waals surface area contributed by atoms with Crippen LogP contribution >= 0.6 is 11.3 Å². The second-order valence-corrected chi connectivity index (χ2v) is 7.53. The van der Waals surface area contributed by atoms with Crippen LogP contribution in [0, 0.1) is 6.92 Å². The van der Waals surface area contributed by atoms with Gasteiger partial charge in [-0.1, -0.05) is 5.16 Å². The fraction of sp³-hybridized carbons (Fsp3) is 0.200. The van der Waals surface area contributed by atoms with Gasteiger partial charge in [0.05, 0.1) is 24.8 Å². The number of hydrogen-bond acceptors (Lipinski definition) is 8. The van der Waals surface area contributed by atoms with Gasteiger partial charge in [-0.25, -0.2) is 8.42 Å². The third-order valence-corrected chi connectivity index (χ3v) is 5.56. The van der Waals surface area contributed by atoms with Crippen molar-refractivity contribution in [3.8, 4) is 22.3 Å². The molecule has 132 valence electrons. The van der Waals surface area contributed by atoms with Crippen molar-refractivity contribution in [2.75, 3.05) is 18.9 Å². The minimum Gasteiger partial charge on any atom is -0.493 e. The first kappa shape index (κ1) is 17.2. The summed E-state index contributed by atoms with van der Waals surface area (Å²) in [4.78, 5) is 4.72. The molecular formula is C15H15N3O5S2. The minimum absolute atomic E-state index is 0.0454. The summed E-state index contributed by atoms with van der Waals surface area (Å²) in [6, 6.07) is 6.00. The van der Waals surface area contributed by atoms with Gasteiger partial charge in [-0.05, 0) is 30.5 Å². The van der Waals surface area contributed by atoms with Crippen molar-refractivity contribution in [1.82, 2.24) is 10.1 Å². The predicted molar refractivity (Wildman–Crippen MR) is 92.7 cm³/mol. The number of aryl methyl sites for hydroxylation is 1. The van der Waals surface area contributed by atoms with Gasteiger partial charge < -0.3 is 14.0 Å². The normalized spacial score (nSPS) is 11.3. The molecule has 0 aliphatic carbocycles. The van der Waals surface area contributed by atoms with E-state index in [2.05, 4.69) is 14.9 Å². The highest BCUT2D eigenvalue weighted by atomic mass is 32.2. The number of benzene rings is 1. The molecule has 3 rings (SSSR count). The zero-order valence-corrected chi connectivity index (χ0v) is 15.3. The smallest absolute Gasteiger partial charge is 0.270 e. The van der Waals surface area contributed by atoms with Crippen LogP contribution in [0.3, 0.4) is 0 Å². The second kappa shape index (κ2) is 6.73. The maximum atomic E-state index is 12.7. The molecule has 2 heterocycles. The number of aromatic nitrogens is 2. The van der Waals surface area contributed by atoms with Crippen LogP contribution in [0.2, 0.25) is 0 Å². The SMILES string of the molecule is COc1ccc(S(=O)(=O)Nc2ccsc2-c2nc(C)no2)cc1OC. The Hall–Kier alpha value is -2.59. The topological polar surface area (TPSA) is 104 Å². The van der Waals surface area contributed by atoms with E-state index in [9.17, 15) is 8.42 Å². The average Bonchev–Trinajstić information content (AvgIpc) is 3.22. The number of nitrogens with one attached hydrogen (secondary N) is 1. The number of hydrogen-bond donors (Lipinski definition) is 1. The molecule has 25 heavy (non-hydrogen) atoms. The van der Waals surface area contributed by atoms with Crippen LogP contribution in [0.25, 0.3) is 10.8 Å². The fourth-order valence-corrected chi connectivity index (χ4v) is 4.05. The average molecular weight is 381 g/mol. The van der Waals surface area contributed by atoms with E-state index >= 15 is 0 Å². The Labute approximate surface area is 148 Å². The predicted octanol–water partition coefficient (Wildman–Crippen LogP) is 2.92. The van der Waals surface area contributed by atoms with Crippen molar-refractivity contribution in [1.29, 1.82) is 0 Å². The quantitative estimate of drug-likeness (QED) is 0.700. The molecule has 0 fully saturated rings. The van der Waals surface area contributed by atoms with Crippen molar-refractivity contribution in [3.63, 3.8) is 0 Å². The first-order valence-corrected chi connectivity index (χ1v) is 9.44. The Morgan fingerprint density at radius 1 is 1.16 bits per heavy atom. The van der Waals surface area contributed by atoms with Crippen LogP contribution in [0.15, 0.2) is 39.1 Å². The summed E-state index contributed by atoms with van der Waals surface area (Å²) in [5.41, 5.74) is 0.364. The van der Waals surface area contributed by atoms with E-state index < -0.39 is 10.0 Å². The van der Waals surface area contributed by atoms with E-state index in [-0.39, 0.29) is 10.8 Å².